The van der Waals surface area contributed by atoms with E-state index in [2.05, 4.69) is 15.5 Å². The van der Waals surface area contributed by atoms with Crippen molar-refractivity contribution >= 4 is 0 Å². The zero-order chi connectivity index (χ0) is 22.9. The SMILES string of the molecule is COc1cc(-c2noc3c2CCCC3NCc2cc(F)cc(F)c2)ccc1-n1cnc(C)c1. The Balaban J connectivity index is 1.41. The highest BCUT2D eigenvalue weighted by Gasteiger charge is 2.28. The van der Waals surface area contributed by atoms with Crippen LogP contribution in [0.25, 0.3) is 16.9 Å². The van der Waals surface area contributed by atoms with Crippen molar-refractivity contribution in [2.45, 2.75) is 38.8 Å². The molecule has 1 aliphatic rings. The van der Waals surface area contributed by atoms with Gasteiger partial charge in [-0.1, -0.05) is 11.2 Å². The second-order valence-corrected chi connectivity index (χ2v) is 8.29. The third-order valence-corrected chi connectivity index (χ3v) is 5.97. The van der Waals surface area contributed by atoms with Crippen molar-refractivity contribution in [3.63, 3.8) is 0 Å². The molecule has 2 aromatic heterocycles. The van der Waals surface area contributed by atoms with Gasteiger partial charge in [-0.2, -0.15) is 0 Å². The first kappa shape index (κ1) is 21.3. The summed E-state index contributed by atoms with van der Waals surface area (Å²) >= 11 is 0. The normalized spacial score (nSPS) is 15.5. The maximum Gasteiger partial charge on any atom is 0.157 e. The van der Waals surface area contributed by atoms with Gasteiger partial charge in [-0.3, -0.25) is 0 Å². The molecule has 0 aliphatic heterocycles. The molecule has 2 heterocycles. The lowest BCUT2D eigenvalue weighted by Crippen LogP contribution is -2.24. The molecule has 0 bridgehead atoms. The molecule has 8 heteroatoms. The van der Waals surface area contributed by atoms with Gasteiger partial charge in [-0.15, -0.1) is 0 Å². The first-order chi connectivity index (χ1) is 16.0. The zero-order valence-electron chi connectivity index (χ0n) is 18.4. The summed E-state index contributed by atoms with van der Waals surface area (Å²) < 4.78 is 40.4. The van der Waals surface area contributed by atoms with E-state index in [-0.39, 0.29) is 6.04 Å². The smallest absolute Gasteiger partial charge is 0.157 e. The second kappa shape index (κ2) is 8.78. The van der Waals surface area contributed by atoms with Crippen molar-refractivity contribution in [2.24, 2.45) is 0 Å². The number of fused-ring (bicyclic) bond motifs is 1. The second-order valence-electron chi connectivity index (χ2n) is 8.29. The maximum absolute atomic E-state index is 13.5. The Kier molecular flexibility index (Phi) is 5.68. The van der Waals surface area contributed by atoms with Gasteiger partial charge in [0.1, 0.15) is 23.1 Å². The van der Waals surface area contributed by atoms with E-state index in [0.29, 0.717) is 17.9 Å². The summed E-state index contributed by atoms with van der Waals surface area (Å²) in [5.41, 5.74) is 5.12. The number of nitrogens with zero attached hydrogens (tertiary/aromatic N) is 3. The van der Waals surface area contributed by atoms with Crippen LogP contribution in [0.1, 0.15) is 41.5 Å². The number of imidazole rings is 1. The van der Waals surface area contributed by atoms with E-state index in [1.165, 1.54) is 12.1 Å². The molecule has 1 atom stereocenters. The molecular formula is C25H24F2N4O2. The molecule has 0 radical (unpaired) electrons. The number of halogens is 2. The van der Waals surface area contributed by atoms with Crippen LogP contribution in [0.3, 0.4) is 0 Å². The molecule has 0 saturated carbocycles. The van der Waals surface area contributed by atoms with E-state index in [4.69, 9.17) is 9.26 Å². The number of ether oxygens (including phenoxy) is 1. The number of hydrogen-bond donors (Lipinski definition) is 1. The molecule has 0 amide bonds. The Morgan fingerprint density at radius 3 is 2.73 bits per heavy atom. The van der Waals surface area contributed by atoms with Gasteiger partial charge in [0, 0.05) is 29.9 Å². The van der Waals surface area contributed by atoms with Gasteiger partial charge in [0.2, 0.25) is 0 Å². The predicted octanol–water partition coefficient (Wildman–Crippen LogP) is 5.29. The number of aryl methyl sites for hydroxylation is 1. The zero-order valence-corrected chi connectivity index (χ0v) is 18.4. The maximum atomic E-state index is 13.5. The Morgan fingerprint density at radius 2 is 2.00 bits per heavy atom. The first-order valence-corrected chi connectivity index (χ1v) is 10.9. The fraction of sp³-hybridized carbons (Fsp3) is 0.280. The highest BCUT2D eigenvalue weighted by Crippen LogP contribution is 2.38. The lowest BCUT2D eigenvalue weighted by Gasteiger charge is -2.22. The molecule has 0 spiro atoms. The number of aromatic nitrogens is 3. The standard InChI is InChI=1S/C25H24F2N4O2/c1-15-13-31(14-29-15)22-7-6-17(10-23(22)32-2)24-20-4-3-5-21(25(20)33-30-24)28-12-16-8-18(26)11-19(27)9-16/h6-11,13-14,21,28H,3-5,12H2,1-2H3. The Labute approximate surface area is 190 Å². The molecule has 1 aliphatic carbocycles. The largest absolute Gasteiger partial charge is 0.495 e. The van der Waals surface area contributed by atoms with E-state index >= 15 is 0 Å². The molecule has 33 heavy (non-hydrogen) atoms. The van der Waals surface area contributed by atoms with Crippen LogP contribution >= 0.6 is 0 Å². The average molecular weight is 450 g/mol. The van der Waals surface area contributed by atoms with Crippen molar-refractivity contribution in [1.29, 1.82) is 0 Å². The average Bonchev–Trinajstić information content (AvgIpc) is 3.43. The molecule has 6 nitrogen and oxygen atoms in total. The van der Waals surface area contributed by atoms with Crippen LogP contribution in [0.15, 0.2) is 53.4 Å². The van der Waals surface area contributed by atoms with Crippen LogP contribution in [0.4, 0.5) is 8.78 Å². The monoisotopic (exact) mass is 450 g/mol. The van der Waals surface area contributed by atoms with Gasteiger partial charge in [-0.05, 0) is 56.0 Å². The molecule has 0 fully saturated rings. The third-order valence-electron chi connectivity index (χ3n) is 5.97. The van der Waals surface area contributed by atoms with Gasteiger partial charge in [-0.25, -0.2) is 13.8 Å². The van der Waals surface area contributed by atoms with Crippen LogP contribution in [-0.2, 0) is 13.0 Å². The van der Waals surface area contributed by atoms with Crippen molar-refractivity contribution in [3.8, 4) is 22.7 Å². The highest BCUT2D eigenvalue weighted by molar-refractivity contribution is 5.68. The minimum absolute atomic E-state index is 0.0728. The summed E-state index contributed by atoms with van der Waals surface area (Å²) in [5.74, 6) is 0.323. The number of hydrogen-bond acceptors (Lipinski definition) is 5. The van der Waals surface area contributed by atoms with Crippen molar-refractivity contribution in [2.75, 3.05) is 7.11 Å². The molecule has 2 aromatic carbocycles. The van der Waals surface area contributed by atoms with E-state index in [0.717, 1.165) is 59.3 Å². The summed E-state index contributed by atoms with van der Waals surface area (Å²) in [5, 5.41) is 7.74. The predicted molar refractivity (Wildman–Crippen MR) is 119 cm³/mol. The molecule has 5 rings (SSSR count). The summed E-state index contributed by atoms with van der Waals surface area (Å²) in [4.78, 5) is 4.29. The van der Waals surface area contributed by atoms with E-state index < -0.39 is 11.6 Å². The van der Waals surface area contributed by atoms with Crippen LogP contribution in [0, 0.1) is 18.6 Å². The van der Waals surface area contributed by atoms with Gasteiger partial charge in [0.15, 0.2) is 5.76 Å². The van der Waals surface area contributed by atoms with Gasteiger partial charge in [0.25, 0.3) is 0 Å². The van der Waals surface area contributed by atoms with Crippen LogP contribution < -0.4 is 10.1 Å². The minimum atomic E-state index is -0.582. The Morgan fingerprint density at radius 1 is 1.18 bits per heavy atom. The number of rotatable bonds is 6. The van der Waals surface area contributed by atoms with Gasteiger partial charge < -0.3 is 19.1 Å². The van der Waals surface area contributed by atoms with E-state index in [9.17, 15) is 8.78 Å². The minimum Gasteiger partial charge on any atom is -0.495 e. The van der Waals surface area contributed by atoms with Crippen LogP contribution in [0.5, 0.6) is 5.75 Å². The summed E-state index contributed by atoms with van der Waals surface area (Å²) in [6.07, 6.45) is 6.37. The van der Waals surface area contributed by atoms with Crippen molar-refractivity contribution in [1.82, 2.24) is 20.0 Å². The highest BCUT2D eigenvalue weighted by atomic mass is 19.1. The Hall–Kier alpha value is -3.52. The topological polar surface area (TPSA) is 65.1 Å². The number of nitrogens with one attached hydrogen (secondary N) is 1. The Bertz CT molecular complexity index is 1280. The molecule has 4 aromatic rings. The molecule has 170 valence electrons. The van der Waals surface area contributed by atoms with Gasteiger partial charge in [0.05, 0.1) is 30.9 Å². The fourth-order valence-corrected chi connectivity index (χ4v) is 4.42. The summed E-state index contributed by atoms with van der Waals surface area (Å²) in [7, 11) is 1.64. The summed E-state index contributed by atoms with van der Waals surface area (Å²) in [6.45, 7) is 2.27. The third kappa shape index (κ3) is 4.26. The fourth-order valence-electron chi connectivity index (χ4n) is 4.42. The number of methoxy groups -OCH3 is 1. The quantitative estimate of drug-likeness (QED) is 0.432. The molecule has 0 saturated heterocycles. The first-order valence-electron chi connectivity index (χ1n) is 10.9. The van der Waals surface area contributed by atoms with Crippen molar-refractivity contribution in [3.05, 3.63) is 83.1 Å². The van der Waals surface area contributed by atoms with Crippen molar-refractivity contribution < 1.29 is 18.0 Å². The van der Waals surface area contributed by atoms with Crippen LogP contribution in [0.2, 0.25) is 0 Å². The lowest BCUT2D eigenvalue weighted by molar-refractivity contribution is 0.314. The van der Waals surface area contributed by atoms with Gasteiger partial charge >= 0.3 is 0 Å². The molecule has 1 N–H and O–H groups in total. The number of benzene rings is 2. The van der Waals surface area contributed by atoms with E-state index in [1.807, 2.05) is 35.9 Å². The molecule has 1 unspecified atom stereocenters. The molecular weight excluding hydrogens is 426 g/mol. The lowest BCUT2D eigenvalue weighted by atomic mass is 9.90. The van der Waals surface area contributed by atoms with E-state index in [1.54, 1.807) is 13.4 Å². The summed E-state index contributed by atoms with van der Waals surface area (Å²) in [6, 6.07) is 9.40. The van der Waals surface area contributed by atoms with Crippen LogP contribution in [-0.4, -0.2) is 21.8 Å².